The quantitative estimate of drug-likeness (QED) is 0.396. The fourth-order valence-corrected chi connectivity index (χ4v) is 4.60. The Hall–Kier alpha value is -3.40. The number of benzene rings is 3. The first-order valence-corrected chi connectivity index (χ1v) is 10.8. The maximum atomic E-state index is 13.6. The molecule has 0 aliphatic carbocycles. The van der Waals surface area contributed by atoms with Crippen molar-refractivity contribution >= 4 is 16.8 Å². The number of fused-ring (bicyclic) bond motifs is 2. The first-order valence-electron chi connectivity index (χ1n) is 10.8. The first-order chi connectivity index (χ1) is 15.0. The van der Waals surface area contributed by atoms with Crippen LogP contribution in [-0.4, -0.2) is 22.3 Å². The standard InChI is InChI=1S/C27H25FN2O/c1-17(2)15-16-30-26(20-7-3-4-8-21(20)27(30)31)24-22-9-5-6-10-23(22)29-25(24)18-11-13-19(28)14-12-18/h3-14,17,26,29H,15-16H2,1-2H3/t26-/m1/s1. The lowest BCUT2D eigenvalue weighted by atomic mass is 9.93. The van der Waals surface area contributed by atoms with Gasteiger partial charge in [-0.2, -0.15) is 0 Å². The molecule has 1 aromatic heterocycles. The van der Waals surface area contributed by atoms with Gasteiger partial charge in [0.25, 0.3) is 5.91 Å². The molecule has 0 spiro atoms. The Morgan fingerprint density at radius 1 is 0.968 bits per heavy atom. The molecule has 1 N–H and O–H groups in total. The molecule has 31 heavy (non-hydrogen) atoms. The van der Waals surface area contributed by atoms with E-state index in [4.69, 9.17) is 0 Å². The van der Waals surface area contributed by atoms with E-state index in [0.29, 0.717) is 12.5 Å². The molecule has 4 heteroatoms. The number of carbonyl (C=O) groups excluding carboxylic acids is 1. The van der Waals surface area contributed by atoms with Gasteiger partial charge in [-0.15, -0.1) is 0 Å². The van der Waals surface area contributed by atoms with Crippen LogP contribution in [0.1, 0.15) is 47.8 Å². The van der Waals surface area contributed by atoms with Crippen molar-refractivity contribution in [1.82, 2.24) is 9.88 Å². The average Bonchev–Trinajstić information content (AvgIpc) is 3.28. The summed E-state index contributed by atoms with van der Waals surface area (Å²) in [7, 11) is 0. The van der Waals surface area contributed by atoms with Gasteiger partial charge in [0.2, 0.25) is 0 Å². The fourth-order valence-electron chi connectivity index (χ4n) is 4.60. The number of halogens is 1. The van der Waals surface area contributed by atoms with Crippen molar-refractivity contribution in [2.75, 3.05) is 6.54 Å². The second-order valence-electron chi connectivity index (χ2n) is 8.64. The van der Waals surface area contributed by atoms with Crippen LogP contribution in [0.25, 0.3) is 22.2 Å². The van der Waals surface area contributed by atoms with Gasteiger partial charge in [-0.3, -0.25) is 4.79 Å². The molecule has 3 aromatic carbocycles. The molecule has 1 atom stereocenters. The highest BCUT2D eigenvalue weighted by Gasteiger charge is 2.39. The van der Waals surface area contributed by atoms with Gasteiger partial charge < -0.3 is 9.88 Å². The van der Waals surface area contributed by atoms with E-state index in [1.807, 2.05) is 41.3 Å². The number of aromatic amines is 1. The minimum absolute atomic E-state index is 0.0802. The third-order valence-electron chi connectivity index (χ3n) is 6.16. The minimum atomic E-state index is -0.263. The van der Waals surface area contributed by atoms with E-state index >= 15 is 0 Å². The van der Waals surface area contributed by atoms with Gasteiger partial charge in [0.05, 0.1) is 11.7 Å². The number of rotatable bonds is 5. The van der Waals surface area contributed by atoms with Gasteiger partial charge in [-0.05, 0) is 59.9 Å². The lowest BCUT2D eigenvalue weighted by Crippen LogP contribution is -2.30. The van der Waals surface area contributed by atoms with E-state index in [1.165, 1.54) is 12.1 Å². The molecule has 1 aliphatic rings. The van der Waals surface area contributed by atoms with Gasteiger partial charge in [-0.1, -0.05) is 50.2 Å². The summed E-state index contributed by atoms with van der Waals surface area (Å²) in [5.41, 5.74) is 5.73. The van der Waals surface area contributed by atoms with Crippen LogP contribution >= 0.6 is 0 Å². The monoisotopic (exact) mass is 412 g/mol. The van der Waals surface area contributed by atoms with Crippen molar-refractivity contribution in [1.29, 1.82) is 0 Å². The van der Waals surface area contributed by atoms with Crippen LogP contribution in [0.2, 0.25) is 0 Å². The Morgan fingerprint density at radius 2 is 1.68 bits per heavy atom. The third-order valence-corrected chi connectivity index (χ3v) is 6.16. The summed E-state index contributed by atoms with van der Waals surface area (Å²) in [5, 5.41) is 1.09. The number of amides is 1. The summed E-state index contributed by atoms with van der Waals surface area (Å²) in [6.45, 7) is 5.05. The number of H-pyrrole nitrogens is 1. The fraction of sp³-hybridized carbons (Fsp3) is 0.222. The molecule has 1 aliphatic heterocycles. The number of hydrogen-bond acceptors (Lipinski definition) is 1. The van der Waals surface area contributed by atoms with Crippen molar-refractivity contribution in [3.05, 3.63) is 95.3 Å². The van der Waals surface area contributed by atoms with E-state index in [0.717, 1.165) is 45.3 Å². The predicted octanol–water partition coefficient (Wildman–Crippen LogP) is 6.57. The Bertz CT molecular complexity index is 1260. The first kappa shape index (κ1) is 19.6. The van der Waals surface area contributed by atoms with Crippen molar-refractivity contribution in [2.24, 2.45) is 5.92 Å². The summed E-state index contributed by atoms with van der Waals surface area (Å²) in [5.74, 6) is 0.314. The summed E-state index contributed by atoms with van der Waals surface area (Å²) in [4.78, 5) is 19.0. The molecule has 0 bridgehead atoms. The van der Waals surface area contributed by atoms with E-state index in [-0.39, 0.29) is 17.8 Å². The Morgan fingerprint density at radius 3 is 2.45 bits per heavy atom. The Kier molecular flexibility index (Phi) is 4.85. The largest absolute Gasteiger partial charge is 0.354 e. The van der Waals surface area contributed by atoms with Gasteiger partial charge >= 0.3 is 0 Å². The molecule has 3 nitrogen and oxygen atoms in total. The SMILES string of the molecule is CC(C)CCN1C(=O)c2ccccc2[C@@H]1c1c(-c2ccc(F)cc2)[nH]c2ccccc12. The topological polar surface area (TPSA) is 36.1 Å². The Labute approximate surface area is 181 Å². The zero-order chi connectivity index (χ0) is 21.5. The van der Waals surface area contributed by atoms with Crippen molar-refractivity contribution in [2.45, 2.75) is 26.3 Å². The average molecular weight is 413 g/mol. The van der Waals surface area contributed by atoms with Gasteiger partial charge in [-0.25, -0.2) is 4.39 Å². The molecule has 4 aromatic rings. The van der Waals surface area contributed by atoms with Crippen LogP contribution in [0.4, 0.5) is 4.39 Å². The highest BCUT2D eigenvalue weighted by atomic mass is 19.1. The molecule has 156 valence electrons. The number of para-hydroxylation sites is 1. The molecular weight excluding hydrogens is 387 g/mol. The van der Waals surface area contributed by atoms with Crippen LogP contribution in [0.15, 0.2) is 72.8 Å². The summed E-state index contributed by atoms with van der Waals surface area (Å²) in [6, 6.07) is 22.4. The summed E-state index contributed by atoms with van der Waals surface area (Å²) < 4.78 is 13.6. The number of nitrogens with zero attached hydrogens (tertiary/aromatic N) is 1. The van der Waals surface area contributed by atoms with Gasteiger partial charge in [0, 0.05) is 28.6 Å². The maximum absolute atomic E-state index is 13.6. The smallest absolute Gasteiger partial charge is 0.255 e. The second-order valence-corrected chi connectivity index (χ2v) is 8.64. The number of nitrogens with one attached hydrogen (secondary N) is 1. The van der Waals surface area contributed by atoms with Gasteiger partial charge in [0.15, 0.2) is 0 Å². The number of hydrogen-bond donors (Lipinski definition) is 1. The molecule has 1 amide bonds. The van der Waals surface area contributed by atoms with E-state index in [1.54, 1.807) is 12.1 Å². The molecule has 0 unspecified atom stereocenters. The lowest BCUT2D eigenvalue weighted by Gasteiger charge is -2.27. The summed E-state index contributed by atoms with van der Waals surface area (Å²) in [6.07, 6.45) is 0.935. The van der Waals surface area contributed by atoms with Crippen LogP contribution in [0.3, 0.4) is 0 Å². The highest BCUT2D eigenvalue weighted by Crippen LogP contribution is 2.45. The molecule has 2 heterocycles. The van der Waals surface area contributed by atoms with E-state index in [9.17, 15) is 9.18 Å². The minimum Gasteiger partial charge on any atom is -0.354 e. The van der Waals surface area contributed by atoms with Crippen LogP contribution < -0.4 is 0 Å². The number of aromatic nitrogens is 1. The molecule has 0 saturated heterocycles. The van der Waals surface area contributed by atoms with Gasteiger partial charge in [0.1, 0.15) is 5.82 Å². The molecular formula is C27H25FN2O. The zero-order valence-electron chi connectivity index (χ0n) is 17.7. The number of carbonyl (C=O) groups is 1. The zero-order valence-corrected chi connectivity index (χ0v) is 17.7. The van der Waals surface area contributed by atoms with Crippen molar-refractivity contribution in [3.8, 4) is 11.3 Å². The van der Waals surface area contributed by atoms with Crippen LogP contribution in [-0.2, 0) is 0 Å². The third kappa shape index (κ3) is 3.32. The molecule has 0 fully saturated rings. The second kappa shape index (κ2) is 7.69. The molecule has 5 rings (SSSR count). The molecule has 0 radical (unpaired) electrons. The van der Waals surface area contributed by atoms with Crippen molar-refractivity contribution in [3.63, 3.8) is 0 Å². The lowest BCUT2D eigenvalue weighted by molar-refractivity contribution is 0.0743. The summed E-state index contributed by atoms with van der Waals surface area (Å²) >= 11 is 0. The highest BCUT2D eigenvalue weighted by molar-refractivity contribution is 6.02. The maximum Gasteiger partial charge on any atom is 0.255 e. The predicted molar refractivity (Wildman–Crippen MR) is 122 cm³/mol. The molecule has 0 saturated carbocycles. The van der Waals surface area contributed by atoms with Crippen LogP contribution in [0.5, 0.6) is 0 Å². The van der Waals surface area contributed by atoms with E-state index in [2.05, 4.69) is 31.0 Å². The Balaban J connectivity index is 1.75. The van der Waals surface area contributed by atoms with E-state index < -0.39 is 0 Å². The van der Waals surface area contributed by atoms with Crippen LogP contribution in [0, 0.1) is 11.7 Å². The normalized spacial score (nSPS) is 15.8. The van der Waals surface area contributed by atoms with Crippen molar-refractivity contribution < 1.29 is 9.18 Å².